The summed E-state index contributed by atoms with van der Waals surface area (Å²) >= 11 is 0. The third-order valence-corrected chi connectivity index (χ3v) is 1.75. The average Bonchev–Trinajstić information content (AvgIpc) is 2.59. The minimum atomic E-state index is -1.11. The van der Waals surface area contributed by atoms with Gasteiger partial charge in [-0.1, -0.05) is 0 Å². The lowest BCUT2D eigenvalue weighted by Crippen LogP contribution is -1.94. The molecule has 0 radical (unpaired) electrons. The zero-order chi connectivity index (χ0) is 9.42. The fourth-order valence-corrected chi connectivity index (χ4v) is 1.11. The van der Waals surface area contributed by atoms with Gasteiger partial charge in [0.15, 0.2) is 17.8 Å². The van der Waals surface area contributed by atoms with Gasteiger partial charge in [-0.3, -0.25) is 0 Å². The summed E-state index contributed by atoms with van der Waals surface area (Å²) in [7, 11) is 0. The molecule has 0 saturated heterocycles. The fraction of sp³-hybridized carbons (Fsp3) is 0.125. The molecule has 2 rings (SSSR count). The normalized spacial score (nSPS) is 11.0. The molecule has 0 aliphatic rings. The number of aliphatic hydroxyl groups excluding tert-OH is 1. The molecule has 1 aromatic carbocycles. The van der Waals surface area contributed by atoms with Gasteiger partial charge in [0.25, 0.3) is 0 Å². The number of hydrogen-bond donors (Lipinski definition) is 1. The largest absolute Gasteiger partial charge is 0.440 e. The summed E-state index contributed by atoms with van der Waals surface area (Å²) in [5, 5.41) is 8.67. The maximum atomic E-state index is 13.1. The van der Waals surface area contributed by atoms with Gasteiger partial charge in [-0.25, -0.2) is 9.37 Å². The third kappa shape index (κ3) is 1.08. The highest BCUT2D eigenvalue weighted by atomic mass is 19.2. The topological polar surface area (TPSA) is 46.3 Å². The lowest BCUT2D eigenvalue weighted by Gasteiger charge is -1.99. The Morgan fingerprint density at radius 3 is 2.85 bits per heavy atom. The highest BCUT2D eigenvalue weighted by Gasteiger charge is 2.15. The number of halogens is 2. The molecule has 68 valence electrons. The number of oxazole rings is 1. The van der Waals surface area contributed by atoms with Gasteiger partial charge < -0.3 is 9.52 Å². The van der Waals surface area contributed by atoms with E-state index in [0.717, 1.165) is 6.39 Å². The smallest absolute Gasteiger partial charge is 0.203 e. The minimum absolute atomic E-state index is 0.126. The molecule has 0 fully saturated rings. The molecule has 0 saturated carbocycles. The van der Waals surface area contributed by atoms with Crippen LogP contribution in [0.25, 0.3) is 11.1 Å². The lowest BCUT2D eigenvalue weighted by atomic mass is 10.2. The fourth-order valence-electron chi connectivity index (χ4n) is 1.11. The maximum absolute atomic E-state index is 13.1. The molecule has 0 bridgehead atoms. The van der Waals surface area contributed by atoms with Crippen molar-refractivity contribution in [1.82, 2.24) is 4.98 Å². The van der Waals surface area contributed by atoms with Crippen molar-refractivity contribution in [1.29, 1.82) is 0 Å². The number of aliphatic hydroxyl groups is 1. The first-order valence-corrected chi connectivity index (χ1v) is 3.55. The van der Waals surface area contributed by atoms with Crippen LogP contribution in [0.5, 0.6) is 0 Å². The number of fused-ring (bicyclic) bond motifs is 1. The van der Waals surface area contributed by atoms with Crippen molar-refractivity contribution in [3.63, 3.8) is 0 Å². The van der Waals surface area contributed by atoms with Gasteiger partial charge in [0, 0.05) is 5.56 Å². The maximum Gasteiger partial charge on any atom is 0.203 e. The molecule has 0 amide bonds. The molecule has 0 atom stereocenters. The predicted octanol–water partition coefficient (Wildman–Crippen LogP) is 1.60. The molecule has 1 N–H and O–H groups in total. The summed E-state index contributed by atoms with van der Waals surface area (Å²) in [5.74, 6) is -2.20. The van der Waals surface area contributed by atoms with Gasteiger partial charge in [0.2, 0.25) is 5.82 Å². The molecule has 0 aliphatic heterocycles. The SMILES string of the molecule is OCc1cc2ncoc2c(F)c1F. The number of nitrogens with zero attached hydrogens (tertiary/aromatic N) is 1. The molecular weight excluding hydrogens is 180 g/mol. The van der Waals surface area contributed by atoms with E-state index >= 15 is 0 Å². The van der Waals surface area contributed by atoms with E-state index in [0.29, 0.717) is 0 Å². The van der Waals surface area contributed by atoms with Crippen molar-refractivity contribution in [3.8, 4) is 0 Å². The van der Waals surface area contributed by atoms with Crippen LogP contribution in [-0.2, 0) is 6.61 Å². The van der Waals surface area contributed by atoms with Crippen molar-refractivity contribution < 1.29 is 18.3 Å². The first-order chi connectivity index (χ1) is 6.24. The van der Waals surface area contributed by atoms with Crippen molar-refractivity contribution in [2.45, 2.75) is 6.61 Å². The molecule has 2 aromatic rings. The van der Waals surface area contributed by atoms with Crippen molar-refractivity contribution in [2.24, 2.45) is 0 Å². The van der Waals surface area contributed by atoms with E-state index in [1.807, 2.05) is 0 Å². The number of rotatable bonds is 1. The summed E-state index contributed by atoms with van der Waals surface area (Å²) in [5.41, 5.74) is -0.156. The van der Waals surface area contributed by atoms with Gasteiger partial charge in [-0.15, -0.1) is 0 Å². The van der Waals surface area contributed by atoms with Crippen LogP contribution in [0.3, 0.4) is 0 Å². The molecule has 3 nitrogen and oxygen atoms in total. The quantitative estimate of drug-likeness (QED) is 0.733. The molecular formula is C8H5F2NO2. The second kappa shape index (κ2) is 2.77. The van der Waals surface area contributed by atoms with E-state index in [4.69, 9.17) is 5.11 Å². The molecule has 0 spiro atoms. The third-order valence-electron chi connectivity index (χ3n) is 1.75. The molecule has 5 heteroatoms. The van der Waals surface area contributed by atoms with Crippen molar-refractivity contribution >= 4 is 11.1 Å². The summed E-state index contributed by atoms with van der Waals surface area (Å²) in [6, 6.07) is 1.25. The van der Waals surface area contributed by atoms with E-state index < -0.39 is 18.2 Å². The number of aromatic nitrogens is 1. The summed E-state index contributed by atoms with van der Waals surface area (Å²) < 4.78 is 30.7. The number of hydrogen-bond acceptors (Lipinski definition) is 3. The predicted molar refractivity (Wildman–Crippen MR) is 39.8 cm³/mol. The second-order valence-corrected chi connectivity index (χ2v) is 2.52. The van der Waals surface area contributed by atoms with Gasteiger partial charge >= 0.3 is 0 Å². The van der Waals surface area contributed by atoms with Gasteiger partial charge in [-0.05, 0) is 6.07 Å². The van der Waals surface area contributed by atoms with Crippen LogP contribution >= 0.6 is 0 Å². The van der Waals surface area contributed by atoms with Crippen molar-refractivity contribution in [3.05, 3.63) is 29.7 Å². The van der Waals surface area contributed by atoms with Crippen LogP contribution < -0.4 is 0 Å². The Kier molecular flexibility index (Phi) is 1.73. The Morgan fingerprint density at radius 1 is 1.38 bits per heavy atom. The first kappa shape index (κ1) is 8.12. The Morgan fingerprint density at radius 2 is 2.15 bits per heavy atom. The van der Waals surface area contributed by atoms with E-state index in [-0.39, 0.29) is 16.7 Å². The Labute approximate surface area is 71.6 Å². The van der Waals surface area contributed by atoms with Gasteiger partial charge in [-0.2, -0.15) is 4.39 Å². The Balaban J connectivity index is 2.83. The highest BCUT2D eigenvalue weighted by molar-refractivity contribution is 5.73. The number of benzene rings is 1. The first-order valence-electron chi connectivity index (χ1n) is 3.55. The Bertz CT molecular complexity index is 453. The monoisotopic (exact) mass is 185 g/mol. The molecule has 1 heterocycles. The van der Waals surface area contributed by atoms with Crippen LogP contribution in [0.15, 0.2) is 16.9 Å². The van der Waals surface area contributed by atoms with Gasteiger partial charge in [0.1, 0.15) is 5.52 Å². The summed E-state index contributed by atoms with van der Waals surface area (Å²) in [6.07, 6.45) is 1.02. The summed E-state index contributed by atoms with van der Waals surface area (Å²) in [6.45, 7) is -0.564. The van der Waals surface area contributed by atoms with Crippen LogP contribution in [0, 0.1) is 11.6 Å². The van der Waals surface area contributed by atoms with E-state index in [9.17, 15) is 8.78 Å². The second-order valence-electron chi connectivity index (χ2n) is 2.52. The average molecular weight is 185 g/mol. The highest BCUT2D eigenvalue weighted by Crippen LogP contribution is 2.22. The van der Waals surface area contributed by atoms with Crippen LogP contribution in [0.4, 0.5) is 8.78 Å². The van der Waals surface area contributed by atoms with E-state index in [1.165, 1.54) is 6.07 Å². The lowest BCUT2D eigenvalue weighted by molar-refractivity contribution is 0.273. The van der Waals surface area contributed by atoms with E-state index in [2.05, 4.69) is 9.40 Å². The van der Waals surface area contributed by atoms with Crippen LogP contribution in [0.2, 0.25) is 0 Å². The van der Waals surface area contributed by atoms with E-state index in [1.54, 1.807) is 0 Å². The standard InChI is InChI=1S/C8H5F2NO2/c9-6-4(2-12)1-5-8(7(6)10)13-3-11-5/h1,3,12H,2H2. The zero-order valence-corrected chi connectivity index (χ0v) is 6.42. The molecule has 0 aliphatic carbocycles. The summed E-state index contributed by atoms with van der Waals surface area (Å²) in [4.78, 5) is 3.64. The van der Waals surface area contributed by atoms with Gasteiger partial charge in [0.05, 0.1) is 6.61 Å². The molecule has 1 aromatic heterocycles. The molecule has 13 heavy (non-hydrogen) atoms. The van der Waals surface area contributed by atoms with Crippen LogP contribution in [0.1, 0.15) is 5.56 Å². The van der Waals surface area contributed by atoms with Crippen LogP contribution in [-0.4, -0.2) is 10.1 Å². The molecule has 0 unspecified atom stereocenters. The minimum Gasteiger partial charge on any atom is -0.440 e. The van der Waals surface area contributed by atoms with Crippen molar-refractivity contribution in [2.75, 3.05) is 0 Å². The Hall–Kier alpha value is -1.49. The zero-order valence-electron chi connectivity index (χ0n) is 6.42.